The van der Waals surface area contributed by atoms with Crippen molar-refractivity contribution in [1.29, 1.82) is 0 Å². The SMILES string of the molecule is CN(C)C(=O)c1ccc(CN(CCN)CCc2ccccc2)[nH]1.Cl. The van der Waals surface area contributed by atoms with Gasteiger partial charge in [0.05, 0.1) is 0 Å². The van der Waals surface area contributed by atoms with E-state index in [0.29, 0.717) is 12.2 Å². The summed E-state index contributed by atoms with van der Waals surface area (Å²) in [6, 6.07) is 14.3. The molecule has 0 saturated heterocycles. The van der Waals surface area contributed by atoms with Crippen LogP contribution in [0.4, 0.5) is 0 Å². The van der Waals surface area contributed by atoms with Crippen molar-refractivity contribution in [3.05, 3.63) is 59.4 Å². The van der Waals surface area contributed by atoms with Crippen LogP contribution < -0.4 is 5.73 Å². The molecule has 2 rings (SSSR count). The third-order valence-corrected chi connectivity index (χ3v) is 3.78. The van der Waals surface area contributed by atoms with Gasteiger partial charge in [0.15, 0.2) is 0 Å². The van der Waals surface area contributed by atoms with E-state index in [9.17, 15) is 4.79 Å². The van der Waals surface area contributed by atoms with Crippen molar-refractivity contribution >= 4 is 18.3 Å². The van der Waals surface area contributed by atoms with Gasteiger partial charge in [-0.25, -0.2) is 0 Å². The second-order valence-electron chi connectivity index (χ2n) is 5.90. The van der Waals surface area contributed by atoms with Gasteiger partial charge in [-0.3, -0.25) is 9.69 Å². The molecule has 0 fully saturated rings. The van der Waals surface area contributed by atoms with Crippen LogP contribution in [0.25, 0.3) is 0 Å². The van der Waals surface area contributed by atoms with Crippen molar-refractivity contribution in [1.82, 2.24) is 14.8 Å². The smallest absolute Gasteiger partial charge is 0.269 e. The molecule has 0 radical (unpaired) electrons. The number of nitrogens with one attached hydrogen (secondary N) is 1. The number of H-pyrrole nitrogens is 1. The number of aromatic nitrogens is 1. The molecule has 132 valence electrons. The number of carbonyl (C=O) groups is 1. The molecule has 0 saturated carbocycles. The lowest BCUT2D eigenvalue weighted by Crippen LogP contribution is -2.31. The Morgan fingerprint density at radius 2 is 1.79 bits per heavy atom. The molecule has 5 nitrogen and oxygen atoms in total. The monoisotopic (exact) mass is 350 g/mol. The van der Waals surface area contributed by atoms with Gasteiger partial charge in [-0.2, -0.15) is 0 Å². The minimum atomic E-state index is -0.00842. The first-order valence-electron chi connectivity index (χ1n) is 7.96. The van der Waals surface area contributed by atoms with Crippen LogP contribution in [-0.4, -0.2) is 54.4 Å². The molecule has 3 N–H and O–H groups in total. The summed E-state index contributed by atoms with van der Waals surface area (Å²) < 4.78 is 0. The zero-order valence-corrected chi connectivity index (χ0v) is 15.2. The number of hydrogen-bond donors (Lipinski definition) is 2. The summed E-state index contributed by atoms with van der Waals surface area (Å²) in [6.45, 7) is 3.17. The van der Waals surface area contributed by atoms with E-state index in [1.807, 2.05) is 18.2 Å². The quantitative estimate of drug-likeness (QED) is 0.766. The molecule has 1 amide bonds. The van der Waals surface area contributed by atoms with Crippen LogP contribution in [0.1, 0.15) is 21.7 Å². The van der Waals surface area contributed by atoms with Crippen LogP contribution in [-0.2, 0) is 13.0 Å². The Kier molecular flexibility index (Phi) is 8.54. The number of halogens is 1. The van der Waals surface area contributed by atoms with Crippen molar-refractivity contribution in [3.63, 3.8) is 0 Å². The van der Waals surface area contributed by atoms with Crippen LogP contribution in [0, 0.1) is 0 Å². The van der Waals surface area contributed by atoms with Crippen molar-refractivity contribution in [2.45, 2.75) is 13.0 Å². The van der Waals surface area contributed by atoms with Crippen LogP contribution >= 0.6 is 12.4 Å². The third-order valence-electron chi connectivity index (χ3n) is 3.78. The Balaban J connectivity index is 0.00000288. The highest BCUT2D eigenvalue weighted by atomic mass is 35.5. The number of aromatic amines is 1. The van der Waals surface area contributed by atoms with E-state index < -0.39 is 0 Å². The summed E-state index contributed by atoms with van der Waals surface area (Å²) in [5.74, 6) is -0.00842. The molecule has 0 bridgehead atoms. The molecule has 2 aromatic rings. The van der Waals surface area contributed by atoms with E-state index in [1.54, 1.807) is 19.0 Å². The summed E-state index contributed by atoms with van der Waals surface area (Å²) in [5.41, 5.74) is 8.72. The summed E-state index contributed by atoms with van der Waals surface area (Å²) in [5, 5.41) is 0. The number of rotatable bonds is 8. The van der Waals surface area contributed by atoms with Gasteiger partial charge in [-0.05, 0) is 24.1 Å². The standard InChI is InChI=1S/C18H26N4O.ClH/c1-21(2)18(23)17-9-8-16(20-17)14-22(13-11-19)12-10-15-6-4-3-5-7-15;/h3-9,20H,10-14,19H2,1-2H3;1H. The van der Waals surface area contributed by atoms with Gasteiger partial charge in [0.1, 0.15) is 5.69 Å². The second-order valence-corrected chi connectivity index (χ2v) is 5.90. The first-order valence-corrected chi connectivity index (χ1v) is 7.96. The summed E-state index contributed by atoms with van der Waals surface area (Å²) >= 11 is 0. The van der Waals surface area contributed by atoms with Crippen molar-refractivity contribution in [3.8, 4) is 0 Å². The summed E-state index contributed by atoms with van der Waals surface area (Å²) in [4.78, 5) is 19.0. The zero-order chi connectivity index (χ0) is 16.7. The molecule has 0 unspecified atom stereocenters. The highest BCUT2D eigenvalue weighted by Crippen LogP contribution is 2.09. The average Bonchev–Trinajstić information content (AvgIpc) is 3.01. The molecule has 0 atom stereocenters. The van der Waals surface area contributed by atoms with E-state index >= 15 is 0 Å². The van der Waals surface area contributed by atoms with E-state index in [-0.39, 0.29) is 18.3 Å². The lowest BCUT2D eigenvalue weighted by atomic mass is 10.1. The van der Waals surface area contributed by atoms with E-state index in [2.05, 4.69) is 34.1 Å². The normalized spacial score (nSPS) is 10.5. The highest BCUT2D eigenvalue weighted by Gasteiger charge is 2.12. The van der Waals surface area contributed by atoms with Crippen LogP contribution in [0.15, 0.2) is 42.5 Å². The molecule has 0 aliphatic rings. The minimum Gasteiger partial charge on any atom is -0.353 e. The van der Waals surface area contributed by atoms with Gasteiger partial charge in [0, 0.05) is 46.0 Å². The Morgan fingerprint density at radius 3 is 2.42 bits per heavy atom. The van der Waals surface area contributed by atoms with E-state index in [1.165, 1.54) is 5.56 Å². The molecule has 24 heavy (non-hydrogen) atoms. The largest absolute Gasteiger partial charge is 0.353 e. The first-order chi connectivity index (χ1) is 11.1. The predicted octanol–water partition coefficient (Wildman–Crippen LogP) is 2.14. The second kappa shape index (κ2) is 10.1. The van der Waals surface area contributed by atoms with Crippen LogP contribution in [0.2, 0.25) is 0 Å². The summed E-state index contributed by atoms with van der Waals surface area (Å²) in [6.07, 6.45) is 0.991. The van der Waals surface area contributed by atoms with Crippen molar-refractivity contribution in [2.75, 3.05) is 33.7 Å². The molecule has 6 heteroatoms. The summed E-state index contributed by atoms with van der Waals surface area (Å²) in [7, 11) is 3.51. The number of amides is 1. The number of nitrogens with two attached hydrogens (primary N) is 1. The van der Waals surface area contributed by atoms with Crippen molar-refractivity contribution < 1.29 is 4.79 Å². The molecule has 0 aliphatic carbocycles. The number of benzene rings is 1. The molecule has 0 aliphatic heterocycles. The number of nitrogens with zero attached hydrogens (tertiary/aromatic N) is 2. The lowest BCUT2D eigenvalue weighted by molar-refractivity contribution is 0.0822. The topological polar surface area (TPSA) is 65.4 Å². The van der Waals surface area contributed by atoms with Gasteiger partial charge in [0.2, 0.25) is 0 Å². The molecular formula is C18H27ClN4O. The molecule has 1 heterocycles. The van der Waals surface area contributed by atoms with E-state index in [0.717, 1.165) is 31.7 Å². The Bertz CT molecular complexity index is 612. The highest BCUT2D eigenvalue weighted by molar-refractivity contribution is 5.92. The predicted molar refractivity (Wildman–Crippen MR) is 101 cm³/mol. The van der Waals surface area contributed by atoms with E-state index in [4.69, 9.17) is 5.73 Å². The zero-order valence-electron chi connectivity index (χ0n) is 14.4. The van der Waals surface area contributed by atoms with Gasteiger partial charge >= 0.3 is 0 Å². The number of carbonyl (C=O) groups excluding carboxylic acids is 1. The molecule has 1 aromatic heterocycles. The van der Waals surface area contributed by atoms with Gasteiger partial charge in [0.25, 0.3) is 5.91 Å². The maximum Gasteiger partial charge on any atom is 0.269 e. The van der Waals surface area contributed by atoms with Gasteiger partial charge in [-0.15, -0.1) is 12.4 Å². The fourth-order valence-electron chi connectivity index (χ4n) is 2.52. The van der Waals surface area contributed by atoms with Crippen molar-refractivity contribution in [2.24, 2.45) is 5.73 Å². The fraction of sp³-hybridized carbons (Fsp3) is 0.389. The van der Waals surface area contributed by atoms with Crippen LogP contribution in [0.5, 0.6) is 0 Å². The Hall–Kier alpha value is -1.82. The van der Waals surface area contributed by atoms with Gasteiger partial charge < -0.3 is 15.6 Å². The van der Waals surface area contributed by atoms with Gasteiger partial charge in [-0.1, -0.05) is 30.3 Å². The number of hydrogen-bond acceptors (Lipinski definition) is 3. The molecular weight excluding hydrogens is 324 g/mol. The minimum absolute atomic E-state index is 0. The third kappa shape index (κ3) is 6.00. The fourth-order valence-corrected chi connectivity index (χ4v) is 2.52. The Labute approximate surface area is 150 Å². The molecule has 1 aromatic carbocycles. The first kappa shape index (κ1) is 20.2. The Morgan fingerprint density at radius 1 is 1.08 bits per heavy atom. The maximum absolute atomic E-state index is 11.9. The lowest BCUT2D eigenvalue weighted by Gasteiger charge is -2.21. The maximum atomic E-state index is 11.9. The average molecular weight is 351 g/mol. The molecule has 0 spiro atoms. The van der Waals surface area contributed by atoms with Crippen LogP contribution in [0.3, 0.4) is 0 Å².